The smallest absolute Gasteiger partial charge is 0.254 e. The van der Waals surface area contributed by atoms with E-state index < -0.39 is 6.00 Å². The van der Waals surface area contributed by atoms with Crippen LogP contribution in [-0.2, 0) is 4.74 Å². The van der Waals surface area contributed by atoms with E-state index in [1.54, 1.807) is 19.2 Å². The SMILES string of the molecule is [B]C1Oc2c(C(=O)NC)cc(C(=O)NC3C4COCC43)cc2C1c1ccccc1. The second-order valence-electron chi connectivity index (χ2n) is 7.86. The fourth-order valence-corrected chi connectivity index (χ4v) is 4.55. The number of carbonyl (C=O) groups is 2. The first kappa shape index (κ1) is 18.2. The molecule has 5 rings (SSSR count). The number of nitrogens with one attached hydrogen (secondary N) is 2. The number of ether oxygens (including phenoxy) is 2. The molecular formula is C22H21BN2O4. The second kappa shape index (κ2) is 6.92. The van der Waals surface area contributed by atoms with Gasteiger partial charge in [-0.25, -0.2) is 0 Å². The lowest BCUT2D eigenvalue weighted by atomic mass is 9.79. The first-order valence-corrected chi connectivity index (χ1v) is 9.84. The number of fused-ring (bicyclic) bond motifs is 2. The fourth-order valence-electron chi connectivity index (χ4n) is 4.55. The summed E-state index contributed by atoms with van der Waals surface area (Å²) in [6.45, 7) is 1.39. The Labute approximate surface area is 170 Å². The van der Waals surface area contributed by atoms with Crippen LogP contribution in [0.15, 0.2) is 42.5 Å². The molecule has 0 aromatic heterocycles. The topological polar surface area (TPSA) is 76.7 Å². The van der Waals surface area contributed by atoms with E-state index in [-0.39, 0.29) is 23.8 Å². The van der Waals surface area contributed by atoms with Gasteiger partial charge >= 0.3 is 0 Å². The summed E-state index contributed by atoms with van der Waals surface area (Å²) < 4.78 is 11.3. The van der Waals surface area contributed by atoms with Crippen LogP contribution in [-0.4, -0.2) is 52.0 Å². The molecule has 29 heavy (non-hydrogen) atoms. The van der Waals surface area contributed by atoms with Crippen molar-refractivity contribution in [3.05, 3.63) is 64.7 Å². The van der Waals surface area contributed by atoms with E-state index in [0.717, 1.165) is 11.1 Å². The number of carbonyl (C=O) groups excluding carboxylic acids is 2. The molecule has 3 aliphatic rings. The molecule has 1 saturated carbocycles. The average molecular weight is 388 g/mol. The Morgan fingerprint density at radius 3 is 2.48 bits per heavy atom. The van der Waals surface area contributed by atoms with Gasteiger partial charge in [-0.15, -0.1) is 0 Å². The van der Waals surface area contributed by atoms with Crippen LogP contribution in [0, 0.1) is 11.8 Å². The maximum Gasteiger partial charge on any atom is 0.254 e. The van der Waals surface area contributed by atoms with Gasteiger partial charge in [0.05, 0.1) is 24.8 Å². The molecule has 6 nitrogen and oxygen atoms in total. The molecule has 1 aliphatic carbocycles. The van der Waals surface area contributed by atoms with Crippen molar-refractivity contribution in [3.8, 4) is 5.75 Å². The lowest BCUT2D eigenvalue weighted by molar-refractivity contribution is 0.0929. The number of amides is 2. The lowest BCUT2D eigenvalue weighted by Crippen LogP contribution is -2.30. The van der Waals surface area contributed by atoms with E-state index in [9.17, 15) is 9.59 Å². The summed E-state index contributed by atoms with van der Waals surface area (Å²) in [6, 6.07) is 12.7. The van der Waals surface area contributed by atoms with Gasteiger partial charge in [-0.05, 0) is 17.7 Å². The highest BCUT2D eigenvalue weighted by atomic mass is 16.5. The Hall–Kier alpha value is -2.80. The van der Waals surface area contributed by atoms with Gasteiger partial charge in [-0.3, -0.25) is 9.59 Å². The van der Waals surface area contributed by atoms with Crippen molar-refractivity contribution in [1.29, 1.82) is 0 Å². The van der Waals surface area contributed by atoms with Crippen LogP contribution in [0.4, 0.5) is 0 Å². The molecule has 2 amide bonds. The molecule has 146 valence electrons. The Morgan fingerprint density at radius 1 is 1.07 bits per heavy atom. The van der Waals surface area contributed by atoms with Crippen LogP contribution in [0.3, 0.4) is 0 Å². The van der Waals surface area contributed by atoms with Crippen molar-refractivity contribution in [1.82, 2.24) is 10.6 Å². The summed E-state index contributed by atoms with van der Waals surface area (Å²) in [5.41, 5.74) is 2.50. The highest BCUT2D eigenvalue weighted by Gasteiger charge is 2.54. The minimum Gasteiger partial charge on any atom is -0.498 e. The van der Waals surface area contributed by atoms with Crippen molar-refractivity contribution >= 4 is 19.7 Å². The summed E-state index contributed by atoms with van der Waals surface area (Å²) in [4.78, 5) is 25.5. The molecule has 7 heteroatoms. The van der Waals surface area contributed by atoms with Crippen LogP contribution in [0.2, 0.25) is 0 Å². The summed E-state index contributed by atoms with van der Waals surface area (Å²) in [5, 5.41) is 5.71. The number of rotatable bonds is 4. The molecule has 2 fully saturated rings. The van der Waals surface area contributed by atoms with Gasteiger partial charge in [0.15, 0.2) is 0 Å². The van der Waals surface area contributed by atoms with Crippen molar-refractivity contribution < 1.29 is 19.1 Å². The van der Waals surface area contributed by atoms with Crippen LogP contribution in [0.5, 0.6) is 5.75 Å². The van der Waals surface area contributed by atoms with E-state index >= 15 is 0 Å². The highest BCUT2D eigenvalue weighted by Crippen LogP contribution is 2.46. The van der Waals surface area contributed by atoms with E-state index in [4.69, 9.17) is 17.3 Å². The maximum atomic E-state index is 13.0. The molecule has 0 bridgehead atoms. The van der Waals surface area contributed by atoms with Gasteiger partial charge in [0.1, 0.15) is 13.6 Å². The highest BCUT2D eigenvalue weighted by molar-refractivity contribution is 6.13. The number of hydrogen-bond acceptors (Lipinski definition) is 4. The summed E-state index contributed by atoms with van der Waals surface area (Å²) in [6.07, 6.45) is 0. The molecule has 0 spiro atoms. The summed E-state index contributed by atoms with van der Waals surface area (Å²) in [7, 11) is 7.83. The summed E-state index contributed by atoms with van der Waals surface area (Å²) >= 11 is 0. The molecular weight excluding hydrogens is 367 g/mol. The van der Waals surface area contributed by atoms with Crippen molar-refractivity contribution in [2.75, 3.05) is 20.3 Å². The van der Waals surface area contributed by atoms with Crippen LogP contribution in [0.25, 0.3) is 0 Å². The van der Waals surface area contributed by atoms with Crippen molar-refractivity contribution in [2.24, 2.45) is 11.8 Å². The van der Waals surface area contributed by atoms with E-state index in [0.29, 0.717) is 41.9 Å². The van der Waals surface area contributed by atoms with Crippen LogP contribution < -0.4 is 15.4 Å². The van der Waals surface area contributed by atoms with E-state index in [2.05, 4.69) is 10.6 Å². The lowest BCUT2D eigenvalue weighted by Gasteiger charge is -2.16. The number of benzene rings is 2. The quantitative estimate of drug-likeness (QED) is 0.778. The zero-order valence-corrected chi connectivity index (χ0v) is 16.1. The van der Waals surface area contributed by atoms with Crippen LogP contribution in [0.1, 0.15) is 37.8 Å². The predicted molar refractivity (Wildman–Crippen MR) is 107 cm³/mol. The average Bonchev–Trinajstić information content (AvgIpc) is 3.08. The Morgan fingerprint density at radius 2 is 1.79 bits per heavy atom. The maximum absolute atomic E-state index is 13.0. The Bertz CT molecular complexity index is 970. The molecule has 2 aromatic rings. The second-order valence-corrected chi connectivity index (χ2v) is 7.86. The first-order chi connectivity index (χ1) is 14.1. The van der Waals surface area contributed by atoms with Gasteiger partial charge in [0.2, 0.25) is 0 Å². The Balaban J connectivity index is 1.53. The predicted octanol–water partition coefficient (Wildman–Crippen LogP) is 1.44. The molecule has 2 heterocycles. The van der Waals surface area contributed by atoms with Crippen molar-refractivity contribution in [2.45, 2.75) is 18.0 Å². The van der Waals surface area contributed by atoms with Crippen LogP contribution >= 0.6 is 0 Å². The van der Waals surface area contributed by atoms with E-state index in [1.165, 1.54) is 0 Å². The zero-order chi connectivity index (χ0) is 20.1. The monoisotopic (exact) mass is 388 g/mol. The van der Waals surface area contributed by atoms with Gasteiger partial charge in [-0.1, -0.05) is 30.3 Å². The van der Waals surface area contributed by atoms with Gasteiger partial charge in [0, 0.05) is 42.0 Å². The molecule has 2 radical (unpaired) electrons. The molecule has 1 saturated heterocycles. The molecule has 4 atom stereocenters. The van der Waals surface area contributed by atoms with Gasteiger partial charge < -0.3 is 20.1 Å². The minimum absolute atomic E-state index is 0.149. The largest absolute Gasteiger partial charge is 0.498 e. The molecule has 2 aromatic carbocycles. The fraction of sp³-hybridized carbons (Fsp3) is 0.364. The van der Waals surface area contributed by atoms with Gasteiger partial charge in [-0.2, -0.15) is 0 Å². The van der Waals surface area contributed by atoms with Gasteiger partial charge in [0.25, 0.3) is 11.8 Å². The minimum atomic E-state index is -0.631. The zero-order valence-electron chi connectivity index (χ0n) is 16.1. The number of hydrogen-bond donors (Lipinski definition) is 2. The third-order valence-corrected chi connectivity index (χ3v) is 6.18. The normalized spacial score (nSPS) is 28.8. The molecule has 4 unspecified atom stereocenters. The third kappa shape index (κ3) is 3.00. The van der Waals surface area contributed by atoms with E-state index in [1.807, 2.05) is 30.3 Å². The summed E-state index contributed by atoms with van der Waals surface area (Å²) in [5.74, 6) is 0.495. The first-order valence-electron chi connectivity index (χ1n) is 9.84. The molecule has 2 N–H and O–H groups in total. The van der Waals surface area contributed by atoms with Crippen molar-refractivity contribution in [3.63, 3.8) is 0 Å². The molecule has 2 aliphatic heterocycles. The standard InChI is InChI=1S/C22H21BN2O4/c1-24-22(27)14-8-12(21(26)25-18-15-9-28-10-16(15)18)7-13-17(20(23)29-19(13)14)11-5-3-2-4-6-11/h2-8,15-18,20H,9-10H2,1H3,(H,24,27)(H,25,26). The Kier molecular flexibility index (Phi) is 4.35. The third-order valence-electron chi connectivity index (χ3n) is 6.18.